The van der Waals surface area contributed by atoms with Gasteiger partial charge in [-0.15, -0.1) is 0 Å². The molecule has 0 heterocycles. The van der Waals surface area contributed by atoms with Crippen LogP contribution < -0.4 is 5.32 Å². The first-order chi connectivity index (χ1) is 8.15. The second-order valence-corrected chi connectivity index (χ2v) is 5.54. The van der Waals surface area contributed by atoms with Gasteiger partial charge in [0.25, 0.3) is 0 Å². The number of hydrogen-bond donors (Lipinski definition) is 1. The fraction of sp³-hybridized carbons (Fsp3) is 0.571. The third-order valence-electron chi connectivity index (χ3n) is 3.65. The van der Waals surface area contributed by atoms with Crippen molar-refractivity contribution in [3.63, 3.8) is 0 Å². The molecule has 1 fully saturated rings. The molecule has 0 radical (unpaired) electrons. The van der Waals surface area contributed by atoms with Gasteiger partial charge in [0.1, 0.15) is 5.82 Å². The van der Waals surface area contributed by atoms with Crippen LogP contribution in [-0.4, -0.2) is 6.54 Å². The molecule has 1 N–H and O–H groups in total. The standard InChI is InChI=1S/C14H19ClFN/c1-10-2-4-11(5-3-10)9-17-14-7-6-12(16)8-13(14)15/h6-8,10-11,17H,2-5,9H2,1H3. The minimum absolute atomic E-state index is 0.285. The Bertz CT molecular complexity index is 372. The molecule has 3 heteroatoms. The Morgan fingerprint density at radius 2 is 2.00 bits per heavy atom. The van der Waals surface area contributed by atoms with Gasteiger partial charge in [0.05, 0.1) is 10.7 Å². The topological polar surface area (TPSA) is 12.0 Å². The molecule has 0 saturated heterocycles. The summed E-state index contributed by atoms with van der Waals surface area (Å²) in [4.78, 5) is 0. The zero-order valence-corrected chi connectivity index (χ0v) is 10.9. The van der Waals surface area contributed by atoms with Gasteiger partial charge in [-0.3, -0.25) is 0 Å². The lowest BCUT2D eigenvalue weighted by Gasteiger charge is -2.26. The zero-order chi connectivity index (χ0) is 12.3. The van der Waals surface area contributed by atoms with E-state index in [1.165, 1.54) is 37.8 Å². The highest BCUT2D eigenvalue weighted by Crippen LogP contribution is 2.29. The minimum Gasteiger partial charge on any atom is -0.384 e. The van der Waals surface area contributed by atoms with E-state index in [-0.39, 0.29) is 5.82 Å². The maximum atomic E-state index is 12.9. The molecule has 0 bridgehead atoms. The summed E-state index contributed by atoms with van der Waals surface area (Å²) >= 11 is 5.97. The van der Waals surface area contributed by atoms with Gasteiger partial charge in [-0.2, -0.15) is 0 Å². The van der Waals surface area contributed by atoms with Crippen LogP contribution in [0.15, 0.2) is 18.2 Å². The van der Waals surface area contributed by atoms with Crippen LogP contribution in [0.3, 0.4) is 0 Å². The molecule has 1 aromatic rings. The third-order valence-corrected chi connectivity index (χ3v) is 3.96. The Morgan fingerprint density at radius 1 is 1.29 bits per heavy atom. The summed E-state index contributed by atoms with van der Waals surface area (Å²) in [5, 5.41) is 3.79. The van der Waals surface area contributed by atoms with Crippen molar-refractivity contribution in [2.45, 2.75) is 32.6 Å². The molecule has 1 saturated carbocycles. The lowest BCUT2D eigenvalue weighted by atomic mass is 9.83. The number of halogens is 2. The molecular formula is C14H19ClFN. The fourth-order valence-electron chi connectivity index (χ4n) is 2.42. The summed E-state index contributed by atoms with van der Waals surface area (Å²) in [6.07, 6.45) is 5.22. The summed E-state index contributed by atoms with van der Waals surface area (Å²) in [5.74, 6) is 1.32. The smallest absolute Gasteiger partial charge is 0.124 e. The number of rotatable bonds is 3. The predicted molar refractivity (Wildman–Crippen MR) is 71.0 cm³/mol. The van der Waals surface area contributed by atoms with Gasteiger partial charge in [-0.05, 0) is 42.9 Å². The number of nitrogens with one attached hydrogen (secondary N) is 1. The molecule has 1 aromatic carbocycles. The second kappa shape index (κ2) is 5.72. The Morgan fingerprint density at radius 3 is 2.65 bits per heavy atom. The van der Waals surface area contributed by atoms with E-state index in [9.17, 15) is 4.39 Å². The summed E-state index contributed by atoms with van der Waals surface area (Å²) in [5.41, 5.74) is 0.840. The molecule has 0 amide bonds. The summed E-state index contributed by atoms with van der Waals surface area (Å²) in [7, 11) is 0. The molecule has 2 rings (SSSR count). The fourth-order valence-corrected chi connectivity index (χ4v) is 2.65. The van der Waals surface area contributed by atoms with Crippen molar-refractivity contribution in [3.8, 4) is 0 Å². The summed E-state index contributed by atoms with van der Waals surface area (Å²) < 4.78 is 12.9. The van der Waals surface area contributed by atoms with Gasteiger partial charge in [0.15, 0.2) is 0 Å². The number of hydrogen-bond acceptors (Lipinski definition) is 1. The Kier molecular flexibility index (Phi) is 4.27. The largest absolute Gasteiger partial charge is 0.384 e. The molecule has 1 aliphatic carbocycles. The quantitative estimate of drug-likeness (QED) is 0.824. The molecule has 0 atom stereocenters. The highest BCUT2D eigenvalue weighted by molar-refractivity contribution is 6.33. The Balaban J connectivity index is 1.85. The molecule has 0 aliphatic heterocycles. The van der Waals surface area contributed by atoms with E-state index in [0.29, 0.717) is 5.02 Å². The van der Waals surface area contributed by atoms with Gasteiger partial charge in [0, 0.05) is 6.54 Å². The lowest BCUT2D eigenvalue weighted by molar-refractivity contribution is 0.300. The van der Waals surface area contributed by atoms with Gasteiger partial charge >= 0.3 is 0 Å². The number of benzene rings is 1. The van der Waals surface area contributed by atoms with Crippen molar-refractivity contribution in [1.82, 2.24) is 0 Å². The maximum Gasteiger partial charge on any atom is 0.124 e. The first-order valence-electron chi connectivity index (χ1n) is 6.34. The first kappa shape index (κ1) is 12.7. The Labute approximate surface area is 107 Å². The highest BCUT2D eigenvalue weighted by atomic mass is 35.5. The molecule has 0 spiro atoms. The first-order valence-corrected chi connectivity index (χ1v) is 6.72. The highest BCUT2D eigenvalue weighted by Gasteiger charge is 2.18. The van der Waals surface area contributed by atoms with E-state index in [1.54, 1.807) is 6.07 Å². The van der Waals surface area contributed by atoms with Crippen molar-refractivity contribution in [1.29, 1.82) is 0 Å². The zero-order valence-electron chi connectivity index (χ0n) is 10.2. The van der Waals surface area contributed by atoms with Gasteiger partial charge in [-0.1, -0.05) is 31.4 Å². The predicted octanol–water partition coefficient (Wildman–Crippen LogP) is 4.72. The second-order valence-electron chi connectivity index (χ2n) is 5.13. The van der Waals surface area contributed by atoms with E-state index < -0.39 is 0 Å². The third kappa shape index (κ3) is 3.60. The Hall–Kier alpha value is -0.760. The molecule has 0 unspecified atom stereocenters. The SMILES string of the molecule is CC1CCC(CNc2ccc(F)cc2Cl)CC1. The van der Waals surface area contributed by atoms with Crippen LogP contribution in [0.2, 0.25) is 5.02 Å². The summed E-state index contributed by atoms with van der Waals surface area (Å²) in [6.45, 7) is 3.26. The van der Waals surface area contributed by atoms with E-state index in [1.807, 2.05) is 0 Å². The van der Waals surface area contributed by atoms with E-state index in [2.05, 4.69) is 12.2 Å². The average Bonchev–Trinajstić information content (AvgIpc) is 2.30. The minimum atomic E-state index is -0.285. The van der Waals surface area contributed by atoms with Crippen LogP contribution in [0.5, 0.6) is 0 Å². The van der Waals surface area contributed by atoms with Gasteiger partial charge in [0.2, 0.25) is 0 Å². The van der Waals surface area contributed by atoms with Crippen molar-refractivity contribution >= 4 is 17.3 Å². The van der Waals surface area contributed by atoms with Crippen LogP contribution in [0.25, 0.3) is 0 Å². The van der Waals surface area contributed by atoms with Crippen molar-refractivity contribution < 1.29 is 4.39 Å². The van der Waals surface area contributed by atoms with Crippen molar-refractivity contribution in [2.75, 3.05) is 11.9 Å². The molecule has 94 valence electrons. The molecule has 1 aliphatic rings. The van der Waals surface area contributed by atoms with Gasteiger partial charge in [-0.25, -0.2) is 4.39 Å². The molecule has 0 aromatic heterocycles. The van der Waals surface area contributed by atoms with E-state index in [0.717, 1.165) is 24.1 Å². The number of anilines is 1. The normalized spacial score (nSPS) is 24.6. The molecule has 17 heavy (non-hydrogen) atoms. The van der Waals surface area contributed by atoms with Crippen LogP contribution in [0.4, 0.5) is 10.1 Å². The van der Waals surface area contributed by atoms with Gasteiger partial charge < -0.3 is 5.32 Å². The van der Waals surface area contributed by atoms with Crippen molar-refractivity contribution in [3.05, 3.63) is 29.0 Å². The monoisotopic (exact) mass is 255 g/mol. The van der Waals surface area contributed by atoms with E-state index >= 15 is 0 Å². The summed E-state index contributed by atoms with van der Waals surface area (Å²) in [6, 6.07) is 4.51. The van der Waals surface area contributed by atoms with Crippen molar-refractivity contribution in [2.24, 2.45) is 11.8 Å². The van der Waals surface area contributed by atoms with Crippen LogP contribution in [-0.2, 0) is 0 Å². The van der Waals surface area contributed by atoms with Crippen LogP contribution >= 0.6 is 11.6 Å². The molecule has 1 nitrogen and oxygen atoms in total. The molecular weight excluding hydrogens is 237 g/mol. The lowest BCUT2D eigenvalue weighted by Crippen LogP contribution is -2.20. The van der Waals surface area contributed by atoms with Crippen LogP contribution in [0, 0.1) is 17.7 Å². The van der Waals surface area contributed by atoms with Crippen LogP contribution in [0.1, 0.15) is 32.6 Å². The van der Waals surface area contributed by atoms with E-state index in [4.69, 9.17) is 11.6 Å². The average molecular weight is 256 g/mol. The maximum absolute atomic E-state index is 12.9.